The van der Waals surface area contributed by atoms with Crippen molar-refractivity contribution in [1.82, 2.24) is 0 Å². The molecule has 4 aliphatic carbocycles. The maximum atomic E-state index is 12.6. The summed E-state index contributed by atoms with van der Waals surface area (Å²) in [5, 5.41) is 34.3. The molecule has 4 aliphatic rings. The summed E-state index contributed by atoms with van der Waals surface area (Å²) in [6, 6.07) is 7.02. The van der Waals surface area contributed by atoms with Gasteiger partial charge in [-0.25, -0.2) is 4.79 Å². The minimum absolute atomic E-state index is 0.0474. The standard InChI is InChI=1S/C31H48O6.C6H4Cl2/c1-17(2)9-8-10-20(28(35)36)26-22-15-24(34)27-29(5)13-12-23(33)18(3)21(29)11-14-30(27,6)31(22,7)16-25(26)37-19(4)32;7-5-1-2-6(8)4-3-5/h9,18,21-25,27,33-34H,8,10-16H2,1-7H3,(H,35,36);1-4H/b26-20-;/t18-,21-,22-,23+,24+,25-,27-,29-,30-,31-;/m0./s1. The highest BCUT2D eigenvalue weighted by atomic mass is 35.5. The summed E-state index contributed by atoms with van der Waals surface area (Å²) in [6.45, 7) is 14.5. The fraction of sp³-hybridized carbons (Fsp3) is 0.676. The number of aliphatic hydroxyl groups is 2. The lowest BCUT2D eigenvalue weighted by atomic mass is 9.36. The molecule has 0 aromatic heterocycles. The van der Waals surface area contributed by atoms with E-state index in [1.54, 1.807) is 24.3 Å². The van der Waals surface area contributed by atoms with E-state index in [0.29, 0.717) is 37.2 Å². The van der Waals surface area contributed by atoms with E-state index >= 15 is 0 Å². The Morgan fingerprint density at radius 3 is 2.09 bits per heavy atom. The van der Waals surface area contributed by atoms with Gasteiger partial charge in [-0.2, -0.15) is 0 Å². The molecule has 0 unspecified atom stereocenters. The van der Waals surface area contributed by atoms with Crippen LogP contribution in [0.3, 0.4) is 0 Å². The number of ether oxygens (including phenoxy) is 1. The fourth-order valence-electron chi connectivity index (χ4n) is 10.2. The van der Waals surface area contributed by atoms with Gasteiger partial charge < -0.3 is 20.1 Å². The Balaban J connectivity index is 0.000000501. The third-order valence-electron chi connectivity index (χ3n) is 12.4. The number of rotatable bonds is 5. The molecule has 0 spiro atoms. The number of carbonyl (C=O) groups excluding carboxylic acids is 1. The third kappa shape index (κ3) is 6.77. The van der Waals surface area contributed by atoms with Gasteiger partial charge in [0.25, 0.3) is 0 Å². The van der Waals surface area contributed by atoms with Crippen LogP contribution in [0, 0.1) is 39.9 Å². The number of carboxylic acid groups (broad SMARTS) is 1. The zero-order valence-electron chi connectivity index (χ0n) is 27.9. The molecule has 10 atom stereocenters. The summed E-state index contributed by atoms with van der Waals surface area (Å²) in [5.74, 6) is -0.909. The van der Waals surface area contributed by atoms with Gasteiger partial charge in [-0.3, -0.25) is 4.79 Å². The Labute approximate surface area is 279 Å². The summed E-state index contributed by atoms with van der Waals surface area (Å²) >= 11 is 11.1. The summed E-state index contributed by atoms with van der Waals surface area (Å²) < 4.78 is 5.87. The summed E-state index contributed by atoms with van der Waals surface area (Å²) in [6.07, 6.45) is 6.22. The van der Waals surface area contributed by atoms with Crippen molar-refractivity contribution in [2.45, 2.75) is 118 Å². The highest BCUT2D eigenvalue weighted by Crippen LogP contribution is 2.74. The van der Waals surface area contributed by atoms with Gasteiger partial charge in [0.15, 0.2) is 0 Å². The lowest BCUT2D eigenvalue weighted by molar-refractivity contribution is -0.234. The second-order valence-corrected chi connectivity index (χ2v) is 16.0. The van der Waals surface area contributed by atoms with Crippen molar-refractivity contribution < 1.29 is 29.6 Å². The Morgan fingerprint density at radius 1 is 0.956 bits per heavy atom. The smallest absolute Gasteiger partial charge is 0.331 e. The molecule has 6 nitrogen and oxygen atoms in total. The number of fused-ring (bicyclic) bond motifs is 5. The Morgan fingerprint density at radius 2 is 1.56 bits per heavy atom. The fourth-order valence-corrected chi connectivity index (χ4v) is 10.5. The number of carbonyl (C=O) groups is 2. The average Bonchev–Trinajstić information content (AvgIpc) is 3.21. The summed E-state index contributed by atoms with van der Waals surface area (Å²) in [4.78, 5) is 24.8. The Kier molecular flexibility index (Phi) is 11.0. The van der Waals surface area contributed by atoms with Gasteiger partial charge in [-0.15, -0.1) is 0 Å². The Bertz CT molecular complexity index is 1300. The van der Waals surface area contributed by atoms with E-state index < -0.39 is 24.1 Å². The lowest BCUT2D eigenvalue weighted by Crippen LogP contribution is -2.65. The Hall–Kier alpha value is -1.86. The van der Waals surface area contributed by atoms with Crippen LogP contribution in [0.1, 0.15) is 99.8 Å². The van der Waals surface area contributed by atoms with E-state index in [-0.39, 0.29) is 40.1 Å². The minimum Gasteiger partial charge on any atom is -0.478 e. The molecular formula is C37H52Cl2O6. The first-order chi connectivity index (χ1) is 21.0. The van der Waals surface area contributed by atoms with Crippen LogP contribution >= 0.6 is 23.2 Å². The molecule has 0 heterocycles. The quantitative estimate of drug-likeness (QED) is 0.166. The second kappa shape index (κ2) is 13.7. The molecular weight excluding hydrogens is 611 g/mol. The first-order valence-electron chi connectivity index (χ1n) is 16.5. The number of hydrogen-bond donors (Lipinski definition) is 3. The van der Waals surface area contributed by atoms with Crippen LogP contribution in [0.5, 0.6) is 0 Å². The van der Waals surface area contributed by atoms with Crippen LogP contribution in [0.4, 0.5) is 0 Å². The monoisotopic (exact) mass is 662 g/mol. The van der Waals surface area contributed by atoms with Crippen LogP contribution in [0.2, 0.25) is 10.0 Å². The maximum absolute atomic E-state index is 12.6. The highest BCUT2D eigenvalue weighted by molar-refractivity contribution is 6.32. The van der Waals surface area contributed by atoms with Gasteiger partial charge in [-0.05, 0) is 135 Å². The number of halogens is 2. The average molecular weight is 664 g/mol. The van der Waals surface area contributed by atoms with Crippen molar-refractivity contribution in [3.05, 3.63) is 57.1 Å². The van der Waals surface area contributed by atoms with Crippen molar-refractivity contribution in [1.29, 1.82) is 0 Å². The van der Waals surface area contributed by atoms with Crippen molar-refractivity contribution in [3.8, 4) is 0 Å². The van der Waals surface area contributed by atoms with E-state index in [9.17, 15) is 24.9 Å². The predicted octanol–water partition coefficient (Wildman–Crippen LogP) is 8.66. The number of carboxylic acids is 1. The molecule has 0 bridgehead atoms. The zero-order chi connectivity index (χ0) is 33.5. The van der Waals surface area contributed by atoms with Gasteiger partial charge in [0.05, 0.1) is 12.2 Å². The maximum Gasteiger partial charge on any atom is 0.331 e. The second-order valence-electron chi connectivity index (χ2n) is 15.1. The number of aliphatic hydroxyl groups excluding tert-OH is 2. The molecule has 45 heavy (non-hydrogen) atoms. The topological polar surface area (TPSA) is 104 Å². The van der Waals surface area contributed by atoms with Crippen LogP contribution in [-0.2, 0) is 14.3 Å². The molecule has 0 saturated heterocycles. The van der Waals surface area contributed by atoms with E-state index in [1.165, 1.54) is 6.92 Å². The number of aliphatic carboxylic acids is 1. The number of hydrogen-bond acceptors (Lipinski definition) is 5. The number of esters is 1. The van der Waals surface area contributed by atoms with Gasteiger partial charge in [0, 0.05) is 22.5 Å². The SMILES string of the molecule is CC(=O)O[C@H]1C[C@@]2(C)[C@@H](C[C@@H](O)[C@H]3[C@@]4(C)CC[C@@H](O)[C@@H](C)[C@@H]4CC[C@@]32C)/C1=C(\CCC=C(C)C)C(=O)O.Clc1ccc(Cl)cc1. The van der Waals surface area contributed by atoms with Crippen LogP contribution in [-0.4, -0.2) is 45.6 Å². The van der Waals surface area contributed by atoms with E-state index in [2.05, 4.69) is 27.7 Å². The molecule has 3 N–H and O–H groups in total. The van der Waals surface area contributed by atoms with Gasteiger partial charge in [0.1, 0.15) is 6.10 Å². The molecule has 250 valence electrons. The molecule has 5 rings (SSSR count). The van der Waals surface area contributed by atoms with Crippen LogP contribution < -0.4 is 0 Å². The zero-order valence-corrected chi connectivity index (χ0v) is 29.4. The molecule has 0 radical (unpaired) electrons. The molecule has 4 fully saturated rings. The molecule has 1 aromatic rings. The van der Waals surface area contributed by atoms with Gasteiger partial charge >= 0.3 is 11.9 Å². The van der Waals surface area contributed by atoms with E-state index in [0.717, 1.165) is 46.9 Å². The highest BCUT2D eigenvalue weighted by Gasteiger charge is 2.70. The van der Waals surface area contributed by atoms with Crippen molar-refractivity contribution in [2.24, 2.45) is 39.9 Å². The predicted molar refractivity (Wildman–Crippen MR) is 179 cm³/mol. The lowest BCUT2D eigenvalue weighted by Gasteiger charge is -2.69. The van der Waals surface area contributed by atoms with Crippen molar-refractivity contribution in [2.75, 3.05) is 0 Å². The van der Waals surface area contributed by atoms with Gasteiger partial charge in [-0.1, -0.05) is 62.5 Å². The van der Waals surface area contributed by atoms with E-state index in [1.807, 2.05) is 19.9 Å². The minimum atomic E-state index is -0.953. The first-order valence-corrected chi connectivity index (χ1v) is 17.3. The summed E-state index contributed by atoms with van der Waals surface area (Å²) in [5.41, 5.74) is 1.57. The normalized spacial score (nSPS) is 39.7. The van der Waals surface area contributed by atoms with E-state index in [4.69, 9.17) is 27.9 Å². The van der Waals surface area contributed by atoms with Crippen molar-refractivity contribution >= 4 is 35.1 Å². The molecule has 1 aromatic carbocycles. The number of allylic oxidation sites excluding steroid dienone is 2. The summed E-state index contributed by atoms with van der Waals surface area (Å²) in [7, 11) is 0. The van der Waals surface area contributed by atoms with Crippen LogP contribution in [0.15, 0.2) is 47.1 Å². The van der Waals surface area contributed by atoms with Crippen molar-refractivity contribution in [3.63, 3.8) is 0 Å². The first kappa shape index (κ1) is 36.0. The largest absolute Gasteiger partial charge is 0.478 e. The molecule has 4 saturated carbocycles. The number of benzene rings is 1. The van der Waals surface area contributed by atoms with Gasteiger partial charge in [0.2, 0.25) is 0 Å². The molecule has 0 aliphatic heterocycles. The third-order valence-corrected chi connectivity index (χ3v) is 12.9. The molecule has 8 heteroatoms. The van der Waals surface area contributed by atoms with Crippen LogP contribution in [0.25, 0.3) is 0 Å². The molecule has 0 amide bonds.